The minimum Gasteiger partial charge on any atom is -0.303 e. The second-order valence-electron chi connectivity index (χ2n) is 6.94. The quantitative estimate of drug-likeness (QED) is 0.427. The summed E-state index contributed by atoms with van der Waals surface area (Å²) in [7, 11) is 0. The number of carbonyl (C=O) groups excluding carboxylic acids is 1. The van der Waals surface area contributed by atoms with Crippen molar-refractivity contribution in [1.82, 2.24) is 0 Å². The van der Waals surface area contributed by atoms with Gasteiger partial charge in [-0.2, -0.15) is 26.3 Å². The molecule has 0 atom stereocenters. The highest BCUT2D eigenvalue weighted by atomic mass is 19.4. The number of alkyl halides is 6. The normalized spacial score (nSPS) is 18.5. The van der Waals surface area contributed by atoms with Gasteiger partial charge < -0.3 is 4.79 Å². The van der Waals surface area contributed by atoms with Crippen molar-refractivity contribution in [3.8, 4) is 0 Å². The summed E-state index contributed by atoms with van der Waals surface area (Å²) >= 11 is 0. The maximum atomic E-state index is 13.1. The molecular formula is C19H12F6N4O. The number of carbonyl (C=O) groups is 1. The molecule has 0 bridgehead atoms. The fourth-order valence-electron chi connectivity index (χ4n) is 3.34. The smallest absolute Gasteiger partial charge is 0.303 e. The highest BCUT2D eigenvalue weighted by Gasteiger charge is 2.65. The SMILES string of the molecule is O=CCC(c1ccc(C2(C(F)(F)F)N=N2)cc1)c1ccc(C2(C(F)(F)F)N=N2)cc1. The van der Waals surface area contributed by atoms with E-state index >= 15 is 0 Å². The number of nitrogens with zero attached hydrogens (tertiary/aromatic N) is 4. The highest BCUT2D eigenvalue weighted by molar-refractivity contribution is 5.54. The molecule has 0 unspecified atom stereocenters. The maximum absolute atomic E-state index is 13.1. The van der Waals surface area contributed by atoms with E-state index in [0.29, 0.717) is 17.4 Å². The average Bonchev–Trinajstić information content (AvgIpc) is 3.58. The topological polar surface area (TPSA) is 66.5 Å². The van der Waals surface area contributed by atoms with Crippen molar-refractivity contribution in [2.75, 3.05) is 0 Å². The molecule has 0 aromatic heterocycles. The summed E-state index contributed by atoms with van der Waals surface area (Å²) in [4.78, 5) is 11.1. The van der Waals surface area contributed by atoms with Crippen LogP contribution >= 0.6 is 0 Å². The Morgan fingerprint density at radius 2 is 1.03 bits per heavy atom. The largest absolute Gasteiger partial charge is 0.442 e. The number of benzene rings is 2. The number of rotatable bonds is 6. The molecule has 156 valence electrons. The van der Waals surface area contributed by atoms with E-state index in [4.69, 9.17) is 0 Å². The molecule has 30 heavy (non-hydrogen) atoms. The van der Waals surface area contributed by atoms with E-state index in [-0.39, 0.29) is 17.5 Å². The van der Waals surface area contributed by atoms with Gasteiger partial charge in [0.05, 0.1) is 0 Å². The zero-order chi connectivity index (χ0) is 21.8. The zero-order valence-electron chi connectivity index (χ0n) is 14.9. The second-order valence-corrected chi connectivity index (χ2v) is 6.94. The Bertz CT molecular complexity index is 933. The van der Waals surface area contributed by atoms with Gasteiger partial charge in [-0.25, -0.2) is 0 Å². The van der Waals surface area contributed by atoms with E-state index in [2.05, 4.69) is 20.5 Å². The Morgan fingerprint density at radius 1 is 0.700 bits per heavy atom. The minimum absolute atomic E-state index is 0.00296. The van der Waals surface area contributed by atoms with Gasteiger partial charge in [0, 0.05) is 23.5 Å². The van der Waals surface area contributed by atoms with E-state index in [0.717, 1.165) is 0 Å². The molecule has 2 heterocycles. The lowest BCUT2D eigenvalue weighted by Gasteiger charge is -2.19. The summed E-state index contributed by atoms with van der Waals surface area (Å²) in [5.74, 6) is -0.546. The van der Waals surface area contributed by atoms with Gasteiger partial charge in [0.25, 0.3) is 0 Å². The minimum atomic E-state index is -4.65. The van der Waals surface area contributed by atoms with Crippen LogP contribution in [0.25, 0.3) is 0 Å². The lowest BCUT2D eigenvalue weighted by molar-refractivity contribution is -0.166. The predicted molar refractivity (Wildman–Crippen MR) is 90.6 cm³/mol. The van der Waals surface area contributed by atoms with Crippen LogP contribution in [0.4, 0.5) is 26.3 Å². The lowest BCUT2D eigenvalue weighted by atomic mass is 9.86. The molecule has 2 aromatic rings. The fraction of sp³-hybridized carbons (Fsp3) is 0.316. The van der Waals surface area contributed by atoms with Crippen molar-refractivity contribution in [3.05, 3.63) is 70.8 Å². The molecule has 0 amide bonds. The predicted octanol–water partition coefficient (Wildman–Crippen LogP) is 5.77. The van der Waals surface area contributed by atoms with E-state index in [1.54, 1.807) is 0 Å². The third-order valence-electron chi connectivity index (χ3n) is 5.15. The summed E-state index contributed by atoms with van der Waals surface area (Å²) in [5, 5.41) is 12.5. The Balaban J connectivity index is 1.60. The number of hydrogen-bond donors (Lipinski definition) is 0. The van der Waals surface area contributed by atoms with Gasteiger partial charge in [0.2, 0.25) is 0 Å². The highest BCUT2D eigenvalue weighted by Crippen LogP contribution is 2.53. The zero-order valence-corrected chi connectivity index (χ0v) is 14.9. The molecule has 0 spiro atoms. The van der Waals surface area contributed by atoms with E-state index in [1.807, 2.05) is 0 Å². The summed E-state index contributed by atoms with van der Waals surface area (Å²) < 4.78 is 78.7. The van der Waals surface area contributed by atoms with Crippen LogP contribution in [-0.4, -0.2) is 18.6 Å². The molecule has 2 aromatic carbocycles. The van der Waals surface area contributed by atoms with E-state index in [9.17, 15) is 31.1 Å². The Morgan fingerprint density at radius 3 is 1.27 bits per heavy atom. The van der Waals surface area contributed by atoms with Crippen molar-refractivity contribution >= 4 is 6.29 Å². The van der Waals surface area contributed by atoms with Gasteiger partial charge in [-0.3, -0.25) is 0 Å². The molecule has 4 rings (SSSR count). The fourth-order valence-corrected chi connectivity index (χ4v) is 3.34. The van der Waals surface area contributed by atoms with Crippen LogP contribution in [0.3, 0.4) is 0 Å². The van der Waals surface area contributed by atoms with Gasteiger partial charge in [0.1, 0.15) is 6.29 Å². The molecule has 0 saturated heterocycles. The van der Waals surface area contributed by atoms with Crippen LogP contribution < -0.4 is 0 Å². The number of hydrogen-bond acceptors (Lipinski definition) is 5. The van der Waals surface area contributed by atoms with Crippen molar-refractivity contribution in [2.45, 2.75) is 36.0 Å². The van der Waals surface area contributed by atoms with Crippen LogP contribution in [0.15, 0.2) is 69.0 Å². The molecule has 5 nitrogen and oxygen atoms in total. The molecule has 2 aliphatic rings. The molecule has 0 radical (unpaired) electrons. The van der Waals surface area contributed by atoms with Crippen LogP contribution in [-0.2, 0) is 16.1 Å². The Labute approximate surface area is 165 Å². The third kappa shape index (κ3) is 3.08. The Hall–Kier alpha value is -3.11. The first-order chi connectivity index (χ1) is 14.0. The van der Waals surface area contributed by atoms with Crippen LogP contribution in [0.2, 0.25) is 0 Å². The van der Waals surface area contributed by atoms with Crippen LogP contribution in [0.5, 0.6) is 0 Å². The van der Waals surface area contributed by atoms with Gasteiger partial charge in [-0.15, -0.1) is 20.5 Å². The van der Waals surface area contributed by atoms with Crippen molar-refractivity contribution in [1.29, 1.82) is 0 Å². The molecule has 0 N–H and O–H groups in total. The number of aldehydes is 1. The lowest BCUT2D eigenvalue weighted by Crippen LogP contribution is -2.30. The van der Waals surface area contributed by atoms with Crippen LogP contribution in [0, 0.1) is 0 Å². The standard InChI is InChI=1S/C19H12F6N4O/c20-18(21,22)16(26-27-16)13-5-1-11(2-6-13)15(9-10-30)12-3-7-14(8-4-12)17(28-29-17)19(23,24)25/h1-8,10,15H,9H2. The van der Waals surface area contributed by atoms with E-state index in [1.165, 1.54) is 48.5 Å². The van der Waals surface area contributed by atoms with Gasteiger partial charge in [-0.05, 0) is 11.1 Å². The summed E-state index contributed by atoms with van der Waals surface area (Å²) in [6.07, 6.45) is -8.67. The van der Waals surface area contributed by atoms with Crippen molar-refractivity contribution in [3.63, 3.8) is 0 Å². The molecule has 0 fully saturated rings. The summed E-state index contributed by atoms with van der Waals surface area (Å²) in [6, 6.07) is 10.6. The Kier molecular flexibility index (Phi) is 4.33. The first kappa shape index (κ1) is 20.2. The molecule has 0 aliphatic carbocycles. The summed E-state index contributed by atoms with van der Waals surface area (Å²) in [5.41, 5.74) is -4.33. The third-order valence-corrected chi connectivity index (χ3v) is 5.15. The molecule has 2 aliphatic heterocycles. The van der Waals surface area contributed by atoms with Crippen LogP contribution in [0.1, 0.15) is 34.6 Å². The molecule has 11 heteroatoms. The van der Waals surface area contributed by atoms with Crippen molar-refractivity contribution < 1.29 is 31.1 Å². The van der Waals surface area contributed by atoms with Gasteiger partial charge >= 0.3 is 23.7 Å². The van der Waals surface area contributed by atoms with Gasteiger partial charge in [0.15, 0.2) is 0 Å². The number of halogens is 6. The summed E-state index contributed by atoms with van der Waals surface area (Å²) in [6.45, 7) is 0. The molecule has 0 saturated carbocycles. The average molecular weight is 426 g/mol. The van der Waals surface area contributed by atoms with E-state index < -0.39 is 29.6 Å². The maximum Gasteiger partial charge on any atom is 0.442 e. The molecular weight excluding hydrogens is 414 g/mol. The first-order valence-corrected chi connectivity index (χ1v) is 8.70. The van der Waals surface area contributed by atoms with Crippen molar-refractivity contribution in [2.24, 2.45) is 20.5 Å². The monoisotopic (exact) mass is 426 g/mol. The van der Waals surface area contributed by atoms with Gasteiger partial charge in [-0.1, -0.05) is 48.5 Å². The first-order valence-electron chi connectivity index (χ1n) is 8.70. The second kappa shape index (κ2) is 6.44.